The molecule has 0 aliphatic rings. The standard InChI is InChI=1S/C7H7BF2O4/c1-12-14-8(11)13-6-4-2-3-5(9)7(6)10/h2-4,11H,1H3. The van der Waals surface area contributed by atoms with Crippen molar-refractivity contribution in [3.05, 3.63) is 29.8 Å². The molecule has 14 heavy (non-hydrogen) atoms. The van der Waals surface area contributed by atoms with Gasteiger partial charge in [-0.05, 0) is 12.1 Å². The van der Waals surface area contributed by atoms with Crippen LogP contribution >= 0.6 is 0 Å². The summed E-state index contributed by atoms with van der Waals surface area (Å²) in [5.74, 6) is -2.74. The highest BCUT2D eigenvalue weighted by molar-refractivity contribution is 6.35. The first-order valence-corrected chi connectivity index (χ1v) is 3.63. The summed E-state index contributed by atoms with van der Waals surface area (Å²) in [6, 6.07) is 3.29. The Morgan fingerprint density at radius 3 is 2.71 bits per heavy atom. The summed E-state index contributed by atoms with van der Waals surface area (Å²) in [7, 11) is -0.676. The van der Waals surface area contributed by atoms with E-state index in [0.717, 1.165) is 19.2 Å². The van der Waals surface area contributed by atoms with Crippen LogP contribution < -0.4 is 4.65 Å². The van der Waals surface area contributed by atoms with Crippen LogP contribution in [-0.4, -0.2) is 19.5 Å². The van der Waals surface area contributed by atoms with Crippen LogP contribution in [0.4, 0.5) is 8.78 Å². The smallest absolute Gasteiger partial charge is 0.508 e. The molecule has 0 atom stereocenters. The van der Waals surface area contributed by atoms with E-state index in [9.17, 15) is 8.78 Å². The second-order valence-electron chi connectivity index (χ2n) is 2.24. The largest absolute Gasteiger partial charge is 0.739 e. The molecule has 0 radical (unpaired) electrons. The lowest BCUT2D eigenvalue weighted by Gasteiger charge is -2.08. The van der Waals surface area contributed by atoms with E-state index in [1.807, 2.05) is 0 Å². The van der Waals surface area contributed by atoms with Gasteiger partial charge < -0.3 is 9.68 Å². The summed E-state index contributed by atoms with van der Waals surface area (Å²) in [5.41, 5.74) is 0. The van der Waals surface area contributed by atoms with E-state index in [4.69, 9.17) is 5.02 Å². The summed E-state index contributed by atoms with van der Waals surface area (Å²) in [6.45, 7) is 0. The van der Waals surface area contributed by atoms with E-state index >= 15 is 0 Å². The molecule has 0 bridgehead atoms. The van der Waals surface area contributed by atoms with Gasteiger partial charge in [0.2, 0.25) is 0 Å². The van der Waals surface area contributed by atoms with E-state index < -0.39 is 24.7 Å². The first-order valence-electron chi connectivity index (χ1n) is 3.63. The predicted molar refractivity (Wildman–Crippen MR) is 43.1 cm³/mol. The van der Waals surface area contributed by atoms with Crippen LogP contribution in [0, 0.1) is 11.6 Å². The van der Waals surface area contributed by atoms with E-state index in [0.29, 0.717) is 0 Å². The van der Waals surface area contributed by atoms with Gasteiger partial charge in [-0.3, -0.25) is 0 Å². The first kappa shape index (κ1) is 10.9. The zero-order valence-corrected chi connectivity index (χ0v) is 7.24. The van der Waals surface area contributed by atoms with Crippen molar-refractivity contribution in [3.63, 3.8) is 0 Å². The molecular weight excluding hydrogens is 197 g/mol. The van der Waals surface area contributed by atoms with Crippen molar-refractivity contribution in [1.29, 1.82) is 0 Å². The van der Waals surface area contributed by atoms with Crippen LogP contribution in [0.1, 0.15) is 0 Å². The van der Waals surface area contributed by atoms with E-state index in [1.165, 1.54) is 6.07 Å². The average molecular weight is 204 g/mol. The van der Waals surface area contributed by atoms with Crippen molar-refractivity contribution in [2.75, 3.05) is 7.11 Å². The first-order chi connectivity index (χ1) is 6.65. The Balaban J connectivity index is 2.71. The molecule has 0 aliphatic heterocycles. The molecule has 0 spiro atoms. The summed E-state index contributed by atoms with van der Waals surface area (Å²) < 4.78 is 30.0. The van der Waals surface area contributed by atoms with Gasteiger partial charge >= 0.3 is 7.32 Å². The van der Waals surface area contributed by atoms with Gasteiger partial charge in [-0.15, -0.1) is 0 Å². The fraction of sp³-hybridized carbons (Fsp3) is 0.143. The zero-order valence-electron chi connectivity index (χ0n) is 7.24. The summed E-state index contributed by atoms with van der Waals surface area (Å²) in [4.78, 5) is 8.14. The van der Waals surface area contributed by atoms with Crippen LogP contribution in [0.5, 0.6) is 5.75 Å². The lowest BCUT2D eigenvalue weighted by atomic mass is 10.2. The Bertz CT molecular complexity index is 310. The fourth-order valence-electron chi connectivity index (χ4n) is 0.786. The molecule has 0 aromatic heterocycles. The van der Waals surface area contributed by atoms with Crippen LogP contribution in [-0.2, 0) is 9.69 Å². The SMILES string of the molecule is COOB(O)Oc1cccc(F)c1F. The molecule has 7 heteroatoms. The normalized spacial score (nSPS) is 10.0. The van der Waals surface area contributed by atoms with Crippen LogP contribution in [0.25, 0.3) is 0 Å². The highest BCUT2D eigenvalue weighted by Gasteiger charge is 2.22. The van der Waals surface area contributed by atoms with Crippen molar-refractivity contribution in [2.24, 2.45) is 0 Å². The minimum absolute atomic E-state index is 0.463. The van der Waals surface area contributed by atoms with Gasteiger partial charge in [-0.25, -0.2) is 14.1 Å². The third kappa shape index (κ3) is 2.66. The Morgan fingerprint density at radius 2 is 2.07 bits per heavy atom. The topological polar surface area (TPSA) is 47.9 Å². The number of hydrogen-bond acceptors (Lipinski definition) is 4. The summed E-state index contributed by atoms with van der Waals surface area (Å²) in [6.07, 6.45) is 0. The third-order valence-electron chi connectivity index (χ3n) is 1.32. The number of halogens is 2. The van der Waals surface area contributed by atoms with Gasteiger partial charge in [0.25, 0.3) is 0 Å². The molecule has 76 valence electrons. The van der Waals surface area contributed by atoms with Gasteiger partial charge in [0.15, 0.2) is 11.6 Å². The van der Waals surface area contributed by atoms with E-state index in [1.54, 1.807) is 0 Å². The van der Waals surface area contributed by atoms with Gasteiger partial charge in [0, 0.05) is 0 Å². The molecule has 1 aromatic rings. The Kier molecular flexibility index (Phi) is 3.81. The Labute approximate surface area is 79.1 Å². The lowest BCUT2D eigenvalue weighted by Crippen LogP contribution is -2.26. The molecule has 0 unspecified atom stereocenters. The zero-order chi connectivity index (χ0) is 10.6. The van der Waals surface area contributed by atoms with Gasteiger partial charge in [-0.2, -0.15) is 4.39 Å². The minimum atomic E-state index is -1.81. The maximum absolute atomic E-state index is 12.9. The molecule has 0 fully saturated rings. The van der Waals surface area contributed by atoms with Gasteiger partial charge in [0.1, 0.15) is 5.75 Å². The average Bonchev–Trinajstić information content (AvgIpc) is 2.13. The second-order valence-corrected chi connectivity index (χ2v) is 2.24. The highest BCUT2D eigenvalue weighted by atomic mass is 19.2. The molecule has 0 saturated heterocycles. The summed E-state index contributed by atoms with van der Waals surface area (Å²) >= 11 is 0. The van der Waals surface area contributed by atoms with Crippen molar-refractivity contribution < 1.29 is 28.2 Å². The summed E-state index contributed by atoms with van der Waals surface area (Å²) in [5, 5.41) is 8.86. The molecule has 0 heterocycles. The van der Waals surface area contributed by atoms with Gasteiger partial charge in [-0.1, -0.05) is 6.07 Å². The fourth-order valence-corrected chi connectivity index (χ4v) is 0.786. The molecule has 1 N–H and O–H groups in total. The Morgan fingerprint density at radius 1 is 1.36 bits per heavy atom. The van der Waals surface area contributed by atoms with Crippen molar-refractivity contribution in [3.8, 4) is 5.75 Å². The predicted octanol–water partition coefficient (Wildman–Crippen LogP) is 0.899. The van der Waals surface area contributed by atoms with Crippen LogP contribution in [0.2, 0.25) is 0 Å². The van der Waals surface area contributed by atoms with E-state index in [-0.39, 0.29) is 0 Å². The quantitative estimate of drug-likeness (QED) is 0.449. The molecule has 0 amide bonds. The minimum Gasteiger partial charge on any atom is -0.508 e. The number of benzene rings is 1. The molecular formula is C7H7BF2O4. The van der Waals surface area contributed by atoms with Crippen molar-refractivity contribution >= 4 is 7.32 Å². The Hall–Kier alpha value is -1.18. The lowest BCUT2D eigenvalue weighted by molar-refractivity contribution is -0.207. The second kappa shape index (κ2) is 4.89. The molecule has 1 rings (SSSR count). The van der Waals surface area contributed by atoms with Crippen molar-refractivity contribution in [1.82, 2.24) is 0 Å². The number of hydrogen-bond donors (Lipinski definition) is 1. The number of rotatable bonds is 4. The molecule has 1 aromatic carbocycles. The van der Waals surface area contributed by atoms with Crippen molar-refractivity contribution in [2.45, 2.75) is 0 Å². The monoisotopic (exact) mass is 204 g/mol. The molecule has 4 nitrogen and oxygen atoms in total. The van der Waals surface area contributed by atoms with E-state index in [2.05, 4.69) is 14.3 Å². The third-order valence-corrected chi connectivity index (χ3v) is 1.32. The molecule has 0 saturated carbocycles. The maximum Gasteiger partial charge on any atom is 0.739 e. The van der Waals surface area contributed by atoms with Crippen LogP contribution in [0.3, 0.4) is 0 Å². The highest BCUT2D eigenvalue weighted by Crippen LogP contribution is 2.19. The maximum atomic E-state index is 12.9. The van der Waals surface area contributed by atoms with Gasteiger partial charge in [0.05, 0.1) is 7.11 Å². The molecule has 0 aliphatic carbocycles. The van der Waals surface area contributed by atoms with Crippen LogP contribution in [0.15, 0.2) is 18.2 Å².